The number of thiophene rings is 1. The predicted molar refractivity (Wildman–Crippen MR) is 101 cm³/mol. The average Bonchev–Trinajstić information content (AvgIpc) is 3.34. The first-order valence-electron chi connectivity index (χ1n) is 8.64. The summed E-state index contributed by atoms with van der Waals surface area (Å²) >= 11 is 1.77. The van der Waals surface area contributed by atoms with E-state index in [1.807, 2.05) is 19.4 Å². The second kappa shape index (κ2) is 6.98. The van der Waals surface area contributed by atoms with Crippen molar-refractivity contribution >= 4 is 27.3 Å². The molecule has 0 aliphatic carbocycles. The number of fused-ring (bicyclic) bond motifs is 1. The third-order valence-corrected chi connectivity index (χ3v) is 5.97. The smallest absolute Gasteiger partial charge is 0.225 e. The van der Waals surface area contributed by atoms with E-state index < -0.39 is 0 Å². The molecule has 0 saturated carbocycles. The van der Waals surface area contributed by atoms with Crippen molar-refractivity contribution in [3.05, 3.63) is 53.2 Å². The summed E-state index contributed by atoms with van der Waals surface area (Å²) in [5, 5.41) is 14.2. The molecular weight excluding hydrogens is 332 g/mol. The molecule has 0 radical (unpaired) electrons. The molecule has 6 heteroatoms. The molecule has 1 aliphatic rings. The minimum Gasteiger partial charge on any atom is -0.355 e. The van der Waals surface area contributed by atoms with E-state index in [2.05, 4.69) is 45.4 Å². The summed E-state index contributed by atoms with van der Waals surface area (Å²) < 4.78 is 3.10. The molecule has 1 saturated heterocycles. The van der Waals surface area contributed by atoms with Crippen molar-refractivity contribution in [2.75, 3.05) is 19.6 Å². The van der Waals surface area contributed by atoms with Crippen LogP contribution in [-0.2, 0) is 18.3 Å². The van der Waals surface area contributed by atoms with Crippen molar-refractivity contribution in [1.29, 1.82) is 0 Å². The lowest BCUT2D eigenvalue weighted by molar-refractivity contribution is -0.124. The molecular formula is C19H22N4OS. The number of hydrogen-bond donors (Lipinski definition) is 2. The first-order chi connectivity index (χ1) is 12.2. The fraction of sp³-hybridized carbons (Fsp3) is 0.368. The summed E-state index contributed by atoms with van der Waals surface area (Å²) in [4.78, 5) is 12.7. The second-order valence-electron chi connectivity index (χ2n) is 6.62. The Balaban J connectivity index is 1.37. The highest BCUT2D eigenvalue weighted by atomic mass is 32.1. The van der Waals surface area contributed by atoms with E-state index in [4.69, 9.17) is 0 Å². The highest BCUT2D eigenvalue weighted by molar-refractivity contribution is 7.17. The quantitative estimate of drug-likeness (QED) is 0.739. The first-order valence-corrected chi connectivity index (χ1v) is 9.52. The van der Waals surface area contributed by atoms with Crippen molar-refractivity contribution < 1.29 is 4.79 Å². The molecule has 25 heavy (non-hydrogen) atoms. The van der Waals surface area contributed by atoms with Crippen LogP contribution in [0.2, 0.25) is 0 Å². The fourth-order valence-electron chi connectivity index (χ4n) is 3.61. The van der Waals surface area contributed by atoms with Gasteiger partial charge in [0.05, 0.1) is 12.1 Å². The van der Waals surface area contributed by atoms with Gasteiger partial charge in [0.15, 0.2) is 0 Å². The summed E-state index contributed by atoms with van der Waals surface area (Å²) in [6.07, 6.45) is 4.75. The number of nitrogens with zero attached hydrogens (tertiary/aromatic N) is 2. The van der Waals surface area contributed by atoms with Gasteiger partial charge < -0.3 is 10.6 Å². The number of hydrogen-bond acceptors (Lipinski definition) is 4. The van der Waals surface area contributed by atoms with Crippen LogP contribution in [0.4, 0.5) is 0 Å². The monoisotopic (exact) mass is 354 g/mol. The number of aryl methyl sites for hydroxylation is 1. The van der Waals surface area contributed by atoms with Crippen LogP contribution in [0, 0.1) is 5.92 Å². The standard InChI is InChI=1S/C19H22N4OS/c1-23-11-14(8-22-23)16-9-20-10-17(16)19(24)21-7-6-13-12-25-18-5-3-2-4-15(13)18/h2-5,8,11-12,16-17,20H,6-7,9-10H2,1H3,(H,21,24)/t16-,17+/m1/s1. The van der Waals surface area contributed by atoms with Crippen LogP contribution in [0.5, 0.6) is 0 Å². The van der Waals surface area contributed by atoms with Gasteiger partial charge in [-0.2, -0.15) is 5.10 Å². The molecule has 2 aromatic heterocycles. The van der Waals surface area contributed by atoms with Crippen molar-refractivity contribution in [3.63, 3.8) is 0 Å². The Morgan fingerprint density at radius 2 is 2.28 bits per heavy atom. The molecule has 0 spiro atoms. The Hall–Kier alpha value is -2.18. The lowest BCUT2D eigenvalue weighted by atomic mass is 9.90. The van der Waals surface area contributed by atoms with E-state index in [1.54, 1.807) is 16.0 Å². The van der Waals surface area contributed by atoms with Gasteiger partial charge >= 0.3 is 0 Å². The summed E-state index contributed by atoms with van der Waals surface area (Å²) in [5.41, 5.74) is 2.45. The van der Waals surface area contributed by atoms with Gasteiger partial charge in [0, 0.05) is 43.5 Å². The summed E-state index contributed by atoms with van der Waals surface area (Å²) in [6.45, 7) is 2.24. The maximum absolute atomic E-state index is 12.7. The van der Waals surface area contributed by atoms with E-state index in [9.17, 15) is 4.79 Å². The lowest BCUT2D eigenvalue weighted by Crippen LogP contribution is -2.35. The molecule has 1 aliphatic heterocycles. The lowest BCUT2D eigenvalue weighted by Gasteiger charge is -2.17. The molecule has 2 N–H and O–H groups in total. The summed E-state index contributed by atoms with van der Waals surface area (Å²) in [6, 6.07) is 8.43. The molecule has 2 atom stereocenters. The molecule has 3 aromatic rings. The zero-order chi connectivity index (χ0) is 17.2. The molecule has 1 aromatic carbocycles. The zero-order valence-electron chi connectivity index (χ0n) is 14.2. The van der Waals surface area contributed by atoms with Crippen LogP contribution >= 0.6 is 11.3 Å². The maximum atomic E-state index is 12.7. The topological polar surface area (TPSA) is 59.0 Å². The van der Waals surface area contributed by atoms with Crippen LogP contribution < -0.4 is 10.6 Å². The molecule has 3 heterocycles. The van der Waals surface area contributed by atoms with Crippen LogP contribution in [-0.4, -0.2) is 35.3 Å². The van der Waals surface area contributed by atoms with Gasteiger partial charge in [0.25, 0.3) is 0 Å². The molecule has 0 unspecified atom stereocenters. The van der Waals surface area contributed by atoms with E-state index >= 15 is 0 Å². The Morgan fingerprint density at radius 3 is 3.12 bits per heavy atom. The van der Waals surface area contributed by atoms with Crippen molar-refractivity contribution in [2.45, 2.75) is 12.3 Å². The van der Waals surface area contributed by atoms with Crippen molar-refractivity contribution in [1.82, 2.24) is 20.4 Å². The molecule has 1 amide bonds. The van der Waals surface area contributed by atoms with Gasteiger partial charge in [0.2, 0.25) is 5.91 Å². The number of carbonyl (C=O) groups excluding carboxylic acids is 1. The van der Waals surface area contributed by atoms with Gasteiger partial charge in [-0.3, -0.25) is 9.48 Å². The zero-order valence-corrected chi connectivity index (χ0v) is 15.1. The summed E-state index contributed by atoms with van der Waals surface area (Å²) in [5.74, 6) is 0.317. The Bertz CT molecular complexity index is 884. The SMILES string of the molecule is Cn1cc([C@H]2CNC[C@@H]2C(=O)NCCc2csc3ccccc23)cn1. The maximum Gasteiger partial charge on any atom is 0.225 e. The Kier molecular flexibility index (Phi) is 4.55. The van der Waals surface area contributed by atoms with E-state index in [0.717, 1.165) is 25.1 Å². The van der Waals surface area contributed by atoms with Crippen LogP contribution in [0.1, 0.15) is 17.0 Å². The van der Waals surface area contributed by atoms with Gasteiger partial charge in [-0.15, -0.1) is 11.3 Å². The average molecular weight is 354 g/mol. The Morgan fingerprint density at radius 1 is 1.40 bits per heavy atom. The van der Waals surface area contributed by atoms with Gasteiger partial charge in [-0.25, -0.2) is 0 Å². The van der Waals surface area contributed by atoms with E-state index in [0.29, 0.717) is 6.54 Å². The van der Waals surface area contributed by atoms with Crippen LogP contribution in [0.15, 0.2) is 42.0 Å². The highest BCUT2D eigenvalue weighted by Gasteiger charge is 2.34. The van der Waals surface area contributed by atoms with Crippen molar-refractivity contribution in [2.24, 2.45) is 13.0 Å². The third kappa shape index (κ3) is 3.32. The molecule has 0 bridgehead atoms. The minimum absolute atomic E-state index is 0.0246. The predicted octanol–water partition coefficient (Wildman–Crippen LogP) is 2.30. The van der Waals surface area contributed by atoms with E-state index in [1.165, 1.54) is 15.6 Å². The second-order valence-corrected chi connectivity index (χ2v) is 7.53. The van der Waals surface area contributed by atoms with Gasteiger partial charge in [-0.1, -0.05) is 18.2 Å². The number of rotatable bonds is 5. The highest BCUT2D eigenvalue weighted by Crippen LogP contribution is 2.28. The van der Waals surface area contributed by atoms with Gasteiger partial charge in [0.1, 0.15) is 0 Å². The number of aromatic nitrogens is 2. The normalized spacial score (nSPS) is 20.2. The van der Waals surface area contributed by atoms with E-state index in [-0.39, 0.29) is 17.7 Å². The first kappa shape index (κ1) is 16.3. The minimum atomic E-state index is -0.0246. The van der Waals surface area contributed by atoms with Crippen LogP contribution in [0.3, 0.4) is 0 Å². The third-order valence-electron chi connectivity index (χ3n) is 4.96. The molecule has 130 valence electrons. The largest absolute Gasteiger partial charge is 0.355 e. The number of nitrogens with one attached hydrogen (secondary N) is 2. The Labute approximate surface area is 151 Å². The van der Waals surface area contributed by atoms with Crippen molar-refractivity contribution in [3.8, 4) is 0 Å². The van der Waals surface area contributed by atoms with Gasteiger partial charge in [-0.05, 0) is 34.4 Å². The van der Waals surface area contributed by atoms with Crippen LogP contribution in [0.25, 0.3) is 10.1 Å². The number of amides is 1. The molecule has 5 nitrogen and oxygen atoms in total. The summed E-state index contributed by atoms with van der Waals surface area (Å²) in [7, 11) is 1.91. The number of carbonyl (C=O) groups is 1. The molecule has 4 rings (SSSR count). The fourth-order valence-corrected chi connectivity index (χ4v) is 4.61. The molecule has 1 fully saturated rings. The number of benzene rings is 1.